The summed E-state index contributed by atoms with van der Waals surface area (Å²) in [4.78, 5) is 13.3. The minimum Gasteiger partial charge on any atom is -0.420 e. The van der Waals surface area contributed by atoms with Gasteiger partial charge in [0.2, 0.25) is 5.89 Å². The zero-order chi connectivity index (χ0) is 17.3. The van der Waals surface area contributed by atoms with E-state index in [2.05, 4.69) is 15.5 Å². The Morgan fingerprint density at radius 3 is 2.67 bits per heavy atom. The molecule has 6 heteroatoms. The summed E-state index contributed by atoms with van der Waals surface area (Å²) in [6, 6.07) is 7.62. The number of thiophene rings is 1. The fourth-order valence-electron chi connectivity index (χ4n) is 2.39. The lowest BCUT2D eigenvalue weighted by molar-refractivity contribution is 0.102. The van der Waals surface area contributed by atoms with Gasteiger partial charge in [0.1, 0.15) is 4.88 Å². The molecule has 0 aliphatic carbocycles. The highest BCUT2D eigenvalue weighted by Gasteiger charge is 2.18. The smallest absolute Gasteiger partial charge is 0.259 e. The number of carbonyl (C=O) groups excluding carboxylic acids is 1. The van der Waals surface area contributed by atoms with Crippen molar-refractivity contribution in [1.29, 1.82) is 0 Å². The van der Waals surface area contributed by atoms with Crippen LogP contribution < -0.4 is 5.32 Å². The molecular formula is C18H19N3O2S. The summed E-state index contributed by atoms with van der Waals surface area (Å²) in [7, 11) is 0. The monoisotopic (exact) mass is 341 g/mol. The molecule has 1 N–H and O–H groups in total. The maximum Gasteiger partial charge on any atom is 0.259 e. The number of aryl methyl sites for hydroxylation is 2. The second-order valence-corrected chi connectivity index (χ2v) is 6.95. The highest BCUT2D eigenvalue weighted by atomic mass is 32.1. The van der Waals surface area contributed by atoms with Gasteiger partial charge in [-0.25, -0.2) is 0 Å². The third-order valence-corrected chi connectivity index (χ3v) is 4.57. The number of amides is 1. The lowest BCUT2D eigenvalue weighted by Gasteiger charge is -2.08. The summed E-state index contributed by atoms with van der Waals surface area (Å²) in [5, 5.41) is 13.0. The molecule has 1 aromatic carbocycles. The Morgan fingerprint density at radius 1 is 1.21 bits per heavy atom. The van der Waals surface area contributed by atoms with Crippen LogP contribution in [-0.2, 0) is 0 Å². The van der Waals surface area contributed by atoms with Crippen molar-refractivity contribution in [1.82, 2.24) is 10.2 Å². The topological polar surface area (TPSA) is 68.0 Å². The molecular weight excluding hydrogens is 322 g/mol. The zero-order valence-corrected chi connectivity index (χ0v) is 14.9. The fourth-order valence-corrected chi connectivity index (χ4v) is 3.16. The molecule has 0 aliphatic heterocycles. The van der Waals surface area contributed by atoms with Gasteiger partial charge in [0.15, 0.2) is 0 Å². The third-order valence-electron chi connectivity index (χ3n) is 3.67. The molecule has 24 heavy (non-hydrogen) atoms. The number of hydrogen-bond donors (Lipinski definition) is 1. The van der Waals surface area contributed by atoms with E-state index in [-0.39, 0.29) is 11.8 Å². The van der Waals surface area contributed by atoms with E-state index in [9.17, 15) is 4.79 Å². The number of hydrogen-bond acceptors (Lipinski definition) is 5. The van der Waals surface area contributed by atoms with Crippen molar-refractivity contribution in [2.24, 2.45) is 0 Å². The molecule has 2 aromatic heterocycles. The van der Waals surface area contributed by atoms with Crippen molar-refractivity contribution < 1.29 is 9.21 Å². The molecule has 2 heterocycles. The molecule has 0 aliphatic rings. The Hall–Kier alpha value is -2.47. The molecule has 0 bridgehead atoms. The van der Waals surface area contributed by atoms with Crippen LogP contribution in [0.5, 0.6) is 0 Å². The van der Waals surface area contributed by atoms with E-state index in [1.165, 1.54) is 11.3 Å². The summed E-state index contributed by atoms with van der Waals surface area (Å²) >= 11 is 1.46. The molecule has 0 saturated heterocycles. The molecule has 0 saturated carbocycles. The number of carbonyl (C=O) groups is 1. The first kappa shape index (κ1) is 16.4. The largest absolute Gasteiger partial charge is 0.420 e. The average molecular weight is 341 g/mol. The van der Waals surface area contributed by atoms with E-state index in [0.717, 1.165) is 16.0 Å². The van der Waals surface area contributed by atoms with Crippen LogP contribution in [0.25, 0.3) is 10.8 Å². The van der Waals surface area contributed by atoms with Crippen LogP contribution in [0.2, 0.25) is 0 Å². The van der Waals surface area contributed by atoms with Crippen molar-refractivity contribution in [2.45, 2.75) is 33.6 Å². The molecule has 0 radical (unpaired) electrons. The average Bonchev–Trinajstić information content (AvgIpc) is 3.15. The van der Waals surface area contributed by atoms with Crippen molar-refractivity contribution >= 4 is 22.9 Å². The van der Waals surface area contributed by atoms with Gasteiger partial charge >= 0.3 is 0 Å². The standard InChI is InChI=1S/C18H19N3O2S/c1-10(2)17-20-21-18(23-17)15-14(7-8-24-15)19-16(22)13-6-5-11(3)9-12(13)4/h5-10H,1-4H3,(H,19,22). The Bertz CT molecular complexity index is 880. The molecule has 0 unspecified atom stereocenters. The van der Waals surface area contributed by atoms with Crippen molar-refractivity contribution in [3.8, 4) is 10.8 Å². The summed E-state index contributed by atoms with van der Waals surface area (Å²) in [6.07, 6.45) is 0. The van der Waals surface area contributed by atoms with E-state index in [4.69, 9.17) is 4.42 Å². The van der Waals surface area contributed by atoms with Crippen LogP contribution in [0.1, 0.15) is 47.1 Å². The number of benzene rings is 1. The molecule has 1 amide bonds. The minimum absolute atomic E-state index is 0.143. The van der Waals surface area contributed by atoms with Gasteiger partial charge in [-0.15, -0.1) is 21.5 Å². The second-order valence-electron chi connectivity index (χ2n) is 6.04. The molecule has 124 valence electrons. The van der Waals surface area contributed by atoms with Crippen molar-refractivity contribution in [2.75, 3.05) is 5.32 Å². The van der Waals surface area contributed by atoms with E-state index < -0.39 is 0 Å². The number of aromatic nitrogens is 2. The SMILES string of the molecule is Cc1ccc(C(=O)Nc2ccsc2-c2nnc(C(C)C)o2)c(C)c1. The first-order valence-electron chi connectivity index (χ1n) is 7.75. The van der Waals surface area contributed by atoms with Crippen LogP contribution in [0.15, 0.2) is 34.1 Å². The summed E-state index contributed by atoms with van der Waals surface area (Å²) in [5.41, 5.74) is 3.42. The molecule has 0 fully saturated rings. The first-order valence-corrected chi connectivity index (χ1v) is 8.63. The molecule has 5 nitrogen and oxygen atoms in total. The predicted octanol–water partition coefficient (Wildman–Crippen LogP) is 4.79. The van der Waals surface area contributed by atoms with Gasteiger partial charge in [-0.1, -0.05) is 31.5 Å². The van der Waals surface area contributed by atoms with Gasteiger partial charge in [0.25, 0.3) is 11.8 Å². The van der Waals surface area contributed by atoms with E-state index in [1.54, 1.807) is 0 Å². The summed E-state index contributed by atoms with van der Waals surface area (Å²) < 4.78 is 5.69. The van der Waals surface area contributed by atoms with Crippen LogP contribution in [0.4, 0.5) is 5.69 Å². The van der Waals surface area contributed by atoms with Gasteiger partial charge in [0, 0.05) is 11.5 Å². The number of nitrogens with one attached hydrogen (secondary N) is 1. The lowest BCUT2D eigenvalue weighted by atomic mass is 10.1. The van der Waals surface area contributed by atoms with Gasteiger partial charge in [-0.05, 0) is 36.9 Å². The molecule has 3 rings (SSSR count). The second kappa shape index (κ2) is 6.57. The first-order chi connectivity index (χ1) is 11.5. The highest BCUT2D eigenvalue weighted by Crippen LogP contribution is 2.34. The molecule has 0 atom stereocenters. The van der Waals surface area contributed by atoms with Gasteiger partial charge in [0.05, 0.1) is 5.69 Å². The maximum absolute atomic E-state index is 12.6. The van der Waals surface area contributed by atoms with Gasteiger partial charge < -0.3 is 9.73 Å². The molecule has 0 spiro atoms. The Balaban J connectivity index is 1.86. The Labute approximate surface area is 144 Å². The van der Waals surface area contributed by atoms with E-state index in [0.29, 0.717) is 23.0 Å². The number of rotatable bonds is 4. The quantitative estimate of drug-likeness (QED) is 0.741. The van der Waals surface area contributed by atoms with Gasteiger partial charge in [-0.2, -0.15) is 0 Å². The van der Waals surface area contributed by atoms with E-state index in [1.807, 2.05) is 57.3 Å². The summed E-state index contributed by atoms with van der Waals surface area (Å²) in [6.45, 7) is 7.93. The third kappa shape index (κ3) is 3.23. The van der Waals surface area contributed by atoms with E-state index >= 15 is 0 Å². The van der Waals surface area contributed by atoms with Crippen LogP contribution >= 0.6 is 11.3 Å². The van der Waals surface area contributed by atoms with Gasteiger partial charge in [-0.3, -0.25) is 4.79 Å². The Morgan fingerprint density at radius 2 is 2.00 bits per heavy atom. The number of nitrogens with zero attached hydrogens (tertiary/aromatic N) is 2. The Kier molecular flexibility index (Phi) is 4.49. The number of anilines is 1. The van der Waals surface area contributed by atoms with Crippen LogP contribution in [0.3, 0.4) is 0 Å². The molecule has 3 aromatic rings. The lowest BCUT2D eigenvalue weighted by Crippen LogP contribution is -2.13. The minimum atomic E-state index is -0.143. The predicted molar refractivity (Wildman–Crippen MR) is 95.6 cm³/mol. The normalized spacial score (nSPS) is 11.0. The summed E-state index contributed by atoms with van der Waals surface area (Å²) in [5.74, 6) is 1.05. The zero-order valence-electron chi connectivity index (χ0n) is 14.1. The van der Waals surface area contributed by atoms with Crippen LogP contribution in [-0.4, -0.2) is 16.1 Å². The fraction of sp³-hybridized carbons (Fsp3) is 0.278. The van der Waals surface area contributed by atoms with Crippen molar-refractivity contribution in [3.05, 3.63) is 52.2 Å². The highest BCUT2D eigenvalue weighted by molar-refractivity contribution is 7.14. The maximum atomic E-state index is 12.6. The van der Waals surface area contributed by atoms with Crippen molar-refractivity contribution in [3.63, 3.8) is 0 Å². The van der Waals surface area contributed by atoms with Crippen LogP contribution in [0, 0.1) is 13.8 Å².